The first kappa shape index (κ1) is 17.3. The Hall–Kier alpha value is -2.08. The molecule has 0 bridgehead atoms. The number of thiophene rings is 1. The van der Waals surface area contributed by atoms with E-state index < -0.39 is 0 Å². The molecule has 0 atom stereocenters. The van der Waals surface area contributed by atoms with Gasteiger partial charge in [0.15, 0.2) is 17.5 Å². The first-order valence-corrected chi connectivity index (χ1v) is 8.28. The molecule has 1 aromatic carbocycles. The molecule has 6 heteroatoms. The van der Waals surface area contributed by atoms with Gasteiger partial charge in [-0.25, -0.2) is 4.39 Å². The third kappa shape index (κ3) is 4.96. The Kier molecular flexibility index (Phi) is 6.40. The number of hydrogen-bond acceptors (Lipinski definition) is 3. The van der Waals surface area contributed by atoms with E-state index in [0.717, 1.165) is 24.5 Å². The summed E-state index contributed by atoms with van der Waals surface area (Å²) in [5.41, 5.74) is 0.844. The van der Waals surface area contributed by atoms with Crippen LogP contribution in [0.2, 0.25) is 0 Å². The molecule has 0 unspecified atom stereocenters. The van der Waals surface area contributed by atoms with E-state index in [0.29, 0.717) is 6.54 Å². The van der Waals surface area contributed by atoms with Gasteiger partial charge in [0.1, 0.15) is 0 Å². The Labute approximate surface area is 140 Å². The number of halogens is 1. The molecule has 0 amide bonds. The maximum absolute atomic E-state index is 13.7. The van der Waals surface area contributed by atoms with Crippen molar-refractivity contribution in [1.82, 2.24) is 10.2 Å². The van der Waals surface area contributed by atoms with Gasteiger partial charge in [-0.3, -0.25) is 4.99 Å². The second-order valence-corrected chi connectivity index (χ2v) is 6.15. The molecule has 23 heavy (non-hydrogen) atoms. The number of ether oxygens (including phenoxy) is 1. The monoisotopic (exact) mass is 335 g/mol. The minimum atomic E-state index is -0.354. The van der Waals surface area contributed by atoms with Crippen molar-refractivity contribution in [3.8, 4) is 5.75 Å². The molecule has 124 valence electrons. The van der Waals surface area contributed by atoms with Crippen molar-refractivity contribution >= 4 is 17.3 Å². The fraction of sp³-hybridized carbons (Fsp3) is 0.353. The smallest absolute Gasteiger partial charge is 0.193 e. The number of benzene rings is 1. The van der Waals surface area contributed by atoms with E-state index in [1.54, 1.807) is 24.5 Å². The van der Waals surface area contributed by atoms with Gasteiger partial charge in [0, 0.05) is 32.1 Å². The summed E-state index contributed by atoms with van der Waals surface area (Å²) < 4.78 is 18.6. The van der Waals surface area contributed by atoms with E-state index in [-0.39, 0.29) is 11.6 Å². The van der Waals surface area contributed by atoms with Crippen molar-refractivity contribution in [3.63, 3.8) is 0 Å². The average molecular weight is 335 g/mol. The van der Waals surface area contributed by atoms with Crippen LogP contribution in [-0.4, -0.2) is 38.6 Å². The van der Waals surface area contributed by atoms with Crippen LogP contribution >= 0.6 is 11.3 Å². The molecule has 4 nitrogen and oxygen atoms in total. The van der Waals surface area contributed by atoms with Crippen LogP contribution in [0, 0.1) is 5.82 Å². The zero-order chi connectivity index (χ0) is 16.7. The molecule has 0 spiro atoms. The Bertz CT molecular complexity index is 643. The molecule has 2 rings (SSSR count). The topological polar surface area (TPSA) is 36.9 Å². The Morgan fingerprint density at radius 3 is 2.83 bits per heavy atom. The maximum Gasteiger partial charge on any atom is 0.193 e. The molecule has 0 radical (unpaired) electrons. The molecular formula is C17H22FN3OS. The standard InChI is InChI=1S/C17H22FN3OS/c1-19-17(21(2)9-8-14-5-4-10-23-14)20-12-13-6-7-16(22-3)15(18)11-13/h4-7,10-11H,8-9,12H2,1-3H3,(H,19,20). The van der Waals surface area contributed by atoms with E-state index >= 15 is 0 Å². The normalized spacial score (nSPS) is 11.4. The van der Waals surface area contributed by atoms with E-state index in [1.165, 1.54) is 18.1 Å². The molecule has 1 heterocycles. The number of likely N-dealkylation sites (N-methyl/N-ethyl adjacent to an activating group) is 1. The summed E-state index contributed by atoms with van der Waals surface area (Å²) in [6, 6.07) is 9.15. The molecule has 0 aliphatic rings. The lowest BCUT2D eigenvalue weighted by molar-refractivity contribution is 0.386. The van der Waals surface area contributed by atoms with Crippen LogP contribution < -0.4 is 10.1 Å². The van der Waals surface area contributed by atoms with Crippen LogP contribution in [0.15, 0.2) is 40.7 Å². The van der Waals surface area contributed by atoms with E-state index in [4.69, 9.17) is 4.74 Å². The van der Waals surface area contributed by atoms with Gasteiger partial charge in [-0.2, -0.15) is 0 Å². The van der Waals surface area contributed by atoms with Crippen molar-refractivity contribution in [1.29, 1.82) is 0 Å². The summed E-state index contributed by atoms with van der Waals surface area (Å²) in [4.78, 5) is 7.70. The third-order valence-corrected chi connectivity index (χ3v) is 4.45. The van der Waals surface area contributed by atoms with Gasteiger partial charge in [-0.1, -0.05) is 12.1 Å². The quantitative estimate of drug-likeness (QED) is 0.651. The van der Waals surface area contributed by atoms with Crippen molar-refractivity contribution in [2.45, 2.75) is 13.0 Å². The molecule has 0 aliphatic heterocycles. The molecule has 0 saturated heterocycles. The average Bonchev–Trinajstić information content (AvgIpc) is 3.07. The van der Waals surface area contributed by atoms with E-state index in [2.05, 4.69) is 32.7 Å². The number of aliphatic imine (C=N–C) groups is 1. The first-order chi connectivity index (χ1) is 11.1. The lowest BCUT2D eigenvalue weighted by Gasteiger charge is -2.22. The lowest BCUT2D eigenvalue weighted by Crippen LogP contribution is -2.39. The number of methoxy groups -OCH3 is 1. The Morgan fingerprint density at radius 2 is 2.22 bits per heavy atom. The zero-order valence-corrected chi connectivity index (χ0v) is 14.5. The van der Waals surface area contributed by atoms with Gasteiger partial charge in [0.2, 0.25) is 0 Å². The molecule has 2 aromatic rings. The largest absolute Gasteiger partial charge is 0.494 e. The minimum absolute atomic E-state index is 0.256. The summed E-state index contributed by atoms with van der Waals surface area (Å²) in [6.45, 7) is 1.38. The van der Waals surface area contributed by atoms with Gasteiger partial charge in [-0.15, -0.1) is 11.3 Å². The molecular weight excluding hydrogens is 313 g/mol. The minimum Gasteiger partial charge on any atom is -0.494 e. The van der Waals surface area contributed by atoms with Crippen LogP contribution in [0.1, 0.15) is 10.4 Å². The SMILES string of the molecule is CN=C(NCc1ccc(OC)c(F)c1)N(C)CCc1cccs1. The fourth-order valence-corrected chi connectivity index (χ4v) is 2.92. The summed E-state index contributed by atoms with van der Waals surface area (Å²) >= 11 is 1.76. The Balaban J connectivity index is 1.87. The predicted molar refractivity (Wildman–Crippen MR) is 93.8 cm³/mol. The number of nitrogens with zero attached hydrogens (tertiary/aromatic N) is 2. The molecule has 0 aliphatic carbocycles. The maximum atomic E-state index is 13.7. The number of rotatable bonds is 6. The van der Waals surface area contributed by atoms with Gasteiger partial charge in [0.25, 0.3) is 0 Å². The van der Waals surface area contributed by atoms with Gasteiger partial charge in [-0.05, 0) is 35.6 Å². The van der Waals surface area contributed by atoms with Gasteiger partial charge in [0.05, 0.1) is 7.11 Å². The van der Waals surface area contributed by atoms with E-state index in [1.807, 2.05) is 13.1 Å². The highest BCUT2D eigenvalue weighted by Crippen LogP contribution is 2.17. The van der Waals surface area contributed by atoms with E-state index in [9.17, 15) is 4.39 Å². The highest BCUT2D eigenvalue weighted by Gasteiger charge is 2.08. The number of guanidine groups is 1. The Morgan fingerprint density at radius 1 is 1.39 bits per heavy atom. The molecule has 1 aromatic heterocycles. The van der Waals surface area contributed by atoms with Crippen molar-refractivity contribution in [3.05, 3.63) is 52.0 Å². The second-order valence-electron chi connectivity index (χ2n) is 5.12. The van der Waals surface area contributed by atoms with Crippen molar-refractivity contribution in [2.24, 2.45) is 4.99 Å². The summed E-state index contributed by atoms with van der Waals surface area (Å²) in [5, 5.41) is 5.34. The summed E-state index contributed by atoms with van der Waals surface area (Å²) in [7, 11) is 5.21. The lowest BCUT2D eigenvalue weighted by atomic mass is 10.2. The van der Waals surface area contributed by atoms with Crippen LogP contribution in [0.25, 0.3) is 0 Å². The van der Waals surface area contributed by atoms with Crippen LogP contribution in [0.4, 0.5) is 4.39 Å². The highest BCUT2D eigenvalue weighted by molar-refractivity contribution is 7.09. The van der Waals surface area contributed by atoms with Crippen molar-refractivity contribution in [2.75, 3.05) is 27.7 Å². The van der Waals surface area contributed by atoms with Gasteiger partial charge < -0.3 is 15.0 Å². The highest BCUT2D eigenvalue weighted by atomic mass is 32.1. The van der Waals surface area contributed by atoms with Crippen LogP contribution in [0.5, 0.6) is 5.75 Å². The van der Waals surface area contributed by atoms with Gasteiger partial charge >= 0.3 is 0 Å². The first-order valence-electron chi connectivity index (χ1n) is 7.40. The molecule has 1 N–H and O–H groups in total. The zero-order valence-electron chi connectivity index (χ0n) is 13.7. The van der Waals surface area contributed by atoms with Crippen LogP contribution in [0.3, 0.4) is 0 Å². The third-order valence-electron chi connectivity index (χ3n) is 3.51. The molecule has 0 saturated carbocycles. The summed E-state index contributed by atoms with van der Waals surface area (Å²) in [6.07, 6.45) is 0.978. The van der Waals surface area contributed by atoms with Crippen molar-refractivity contribution < 1.29 is 9.13 Å². The fourth-order valence-electron chi connectivity index (χ4n) is 2.22. The predicted octanol–water partition coefficient (Wildman–Crippen LogP) is 3.15. The number of nitrogens with one attached hydrogen (secondary N) is 1. The van der Waals surface area contributed by atoms with Crippen LogP contribution in [-0.2, 0) is 13.0 Å². The number of hydrogen-bond donors (Lipinski definition) is 1. The molecule has 0 fully saturated rings. The summed E-state index contributed by atoms with van der Waals surface area (Å²) in [5.74, 6) is 0.691. The second kappa shape index (κ2) is 8.53.